The van der Waals surface area contributed by atoms with Crippen molar-refractivity contribution in [3.63, 3.8) is 0 Å². The van der Waals surface area contributed by atoms with E-state index in [4.69, 9.17) is 5.11 Å². The van der Waals surface area contributed by atoms with E-state index in [1.165, 1.54) is 0 Å². The van der Waals surface area contributed by atoms with Crippen molar-refractivity contribution in [2.45, 2.75) is 46.1 Å². The predicted octanol–water partition coefficient (Wildman–Crippen LogP) is 2.75. The van der Waals surface area contributed by atoms with Crippen molar-refractivity contribution in [3.05, 3.63) is 12.7 Å². The van der Waals surface area contributed by atoms with Gasteiger partial charge in [-0.05, 0) is 25.2 Å². The molecule has 0 spiro atoms. The number of rotatable bonds is 5. The lowest BCUT2D eigenvalue weighted by molar-refractivity contribution is 0.176. The number of aliphatic hydroxyl groups is 1. The van der Waals surface area contributed by atoms with Gasteiger partial charge in [-0.2, -0.15) is 0 Å². The fraction of sp³-hybridized carbons (Fsp3) is 0.800. The Hall–Kier alpha value is -0.300. The first kappa shape index (κ1) is 10.7. The summed E-state index contributed by atoms with van der Waals surface area (Å²) >= 11 is 0. The van der Waals surface area contributed by atoms with E-state index >= 15 is 0 Å². The SMILES string of the molecule is C=CC(C)(C)CCCC(C)O. The van der Waals surface area contributed by atoms with E-state index < -0.39 is 0 Å². The molecule has 11 heavy (non-hydrogen) atoms. The molecule has 0 aromatic carbocycles. The number of hydrogen-bond donors (Lipinski definition) is 1. The maximum Gasteiger partial charge on any atom is 0.0512 e. The third-order valence-corrected chi connectivity index (χ3v) is 2.00. The average Bonchev–Trinajstić information content (AvgIpc) is 1.87. The summed E-state index contributed by atoms with van der Waals surface area (Å²) in [7, 11) is 0. The van der Waals surface area contributed by atoms with E-state index in [0.717, 1.165) is 19.3 Å². The average molecular weight is 156 g/mol. The Morgan fingerprint density at radius 2 is 2.09 bits per heavy atom. The third-order valence-electron chi connectivity index (χ3n) is 2.00. The largest absolute Gasteiger partial charge is 0.393 e. The van der Waals surface area contributed by atoms with E-state index in [9.17, 15) is 0 Å². The second-order valence-electron chi connectivity index (χ2n) is 3.93. The maximum absolute atomic E-state index is 9.00. The smallest absolute Gasteiger partial charge is 0.0512 e. The van der Waals surface area contributed by atoms with E-state index in [2.05, 4.69) is 20.4 Å². The van der Waals surface area contributed by atoms with Gasteiger partial charge in [0, 0.05) is 0 Å². The van der Waals surface area contributed by atoms with Crippen LogP contribution in [0.25, 0.3) is 0 Å². The van der Waals surface area contributed by atoms with E-state index in [1.54, 1.807) is 0 Å². The van der Waals surface area contributed by atoms with Gasteiger partial charge in [-0.3, -0.25) is 0 Å². The lowest BCUT2D eigenvalue weighted by Crippen LogP contribution is -2.08. The predicted molar refractivity (Wildman–Crippen MR) is 49.5 cm³/mol. The first-order valence-corrected chi connectivity index (χ1v) is 4.29. The minimum absolute atomic E-state index is 0.157. The van der Waals surface area contributed by atoms with Gasteiger partial charge in [-0.15, -0.1) is 6.58 Å². The highest BCUT2D eigenvalue weighted by molar-refractivity contribution is 4.87. The van der Waals surface area contributed by atoms with Crippen LogP contribution in [0.5, 0.6) is 0 Å². The molecule has 0 aromatic heterocycles. The fourth-order valence-electron chi connectivity index (χ4n) is 0.955. The van der Waals surface area contributed by atoms with Crippen molar-refractivity contribution >= 4 is 0 Å². The van der Waals surface area contributed by atoms with Gasteiger partial charge in [0.15, 0.2) is 0 Å². The lowest BCUT2D eigenvalue weighted by atomic mass is 9.87. The minimum Gasteiger partial charge on any atom is -0.393 e. The summed E-state index contributed by atoms with van der Waals surface area (Å²) in [6, 6.07) is 0. The minimum atomic E-state index is -0.157. The van der Waals surface area contributed by atoms with Crippen LogP contribution in [-0.4, -0.2) is 11.2 Å². The Kier molecular flexibility index (Phi) is 4.43. The molecule has 1 nitrogen and oxygen atoms in total. The molecule has 0 saturated carbocycles. The van der Waals surface area contributed by atoms with E-state index in [1.807, 2.05) is 13.0 Å². The molecule has 0 fully saturated rings. The third kappa shape index (κ3) is 6.11. The highest BCUT2D eigenvalue weighted by Gasteiger charge is 2.12. The molecule has 1 heteroatoms. The highest BCUT2D eigenvalue weighted by atomic mass is 16.3. The molecule has 0 aliphatic heterocycles. The number of hydrogen-bond acceptors (Lipinski definition) is 1. The molecule has 0 rings (SSSR count). The molecule has 0 amide bonds. The van der Waals surface area contributed by atoms with Crippen molar-refractivity contribution in [1.82, 2.24) is 0 Å². The van der Waals surface area contributed by atoms with Gasteiger partial charge in [0.1, 0.15) is 0 Å². The summed E-state index contributed by atoms with van der Waals surface area (Å²) in [5.41, 5.74) is 0.231. The highest BCUT2D eigenvalue weighted by Crippen LogP contribution is 2.24. The standard InChI is InChI=1S/C10H20O/c1-5-10(3,4)8-6-7-9(2)11/h5,9,11H,1,6-8H2,2-4H3. The van der Waals surface area contributed by atoms with Gasteiger partial charge in [-0.25, -0.2) is 0 Å². The van der Waals surface area contributed by atoms with Crippen LogP contribution in [0.15, 0.2) is 12.7 Å². The zero-order valence-corrected chi connectivity index (χ0v) is 7.93. The Morgan fingerprint density at radius 1 is 1.55 bits per heavy atom. The normalized spacial score (nSPS) is 14.5. The van der Waals surface area contributed by atoms with Crippen molar-refractivity contribution < 1.29 is 5.11 Å². The van der Waals surface area contributed by atoms with Gasteiger partial charge in [0.25, 0.3) is 0 Å². The summed E-state index contributed by atoms with van der Waals surface area (Å²) in [5.74, 6) is 0. The van der Waals surface area contributed by atoms with Crippen molar-refractivity contribution in [2.75, 3.05) is 0 Å². The Bertz CT molecular complexity index is 114. The molecule has 1 unspecified atom stereocenters. The molecule has 0 radical (unpaired) electrons. The Balaban J connectivity index is 3.45. The molecule has 1 N–H and O–H groups in total. The van der Waals surface area contributed by atoms with Gasteiger partial charge in [0.2, 0.25) is 0 Å². The summed E-state index contributed by atoms with van der Waals surface area (Å²) in [4.78, 5) is 0. The van der Waals surface area contributed by atoms with Crippen LogP contribution in [0.4, 0.5) is 0 Å². The molecular weight excluding hydrogens is 136 g/mol. The topological polar surface area (TPSA) is 20.2 Å². The number of aliphatic hydroxyl groups excluding tert-OH is 1. The monoisotopic (exact) mass is 156 g/mol. The number of allylic oxidation sites excluding steroid dienone is 1. The summed E-state index contributed by atoms with van der Waals surface area (Å²) in [6.45, 7) is 9.94. The second kappa shape index (κ2) is 4.55. The van der Waals surface area contributed by atoms with Gasteiger partial charge >= 0.3 is 0 Å². The molecular formula is C10H20O. The molecule has 0 heterocycles. The first-order valence-electron chi connectivity index (χ1n) is 4.29. The van der Waals surface area contributed by atoms with Gasteiger partial charge in [-0.1, -0.05) is 26.3 Å². The van der Waals surface area contributed by atoms with Crippen LogP contribution < -0.4 is 0 Å². The van der Waals surface area contributed by atoms with Gasteiger partial charge in [0.05, 0.1) is 6.10 Å². The van der Waals surface area contributed by atoms with Crippen molar-refractivity contribution in [3.8, 4) is 0 Å². The van der Waals surface area contributed by atoms with Crippen LogP contribution in [0.2, 0.25) is 0 Å². The van der Waals surface area contributed by atoms with Gasteiger partial charge < -0.3 is 5.11 Å². The lowest BCUT2D eigenvalue weighted by Gasteiger charge is -2.19. The van der Waals surface area contributed by atoms with Crippen molar-refractivity contribution in [2.24, 2.45) is 5.41 Å². The van der Waals surface area contributed by atoms with Crippen LogP contribution in [0.3, 0.4) is 0 Å². The second-order valence-corrected chi connectivity index (χ2v) is 3.93. The maximum atomic E-state index is 9.00. The zero-order valence-electron chi connectivity index (χ0n) is 7.93. The fourth-order valence-corrected chi connectivity index (χ4v) is 0.955. The zero-order chi connectivity index (χ0) is 8.91. The Labute approximate surface area is 70.1 Å². The molecule has 0 bridgehead atoms. The molecule has 1 atom stereocenters. The van der Waals surface area contributed by atoms with E-state index in [0.29, 0.717) is 0 Å². The van der Waals surface area contributed by atoms with E-state index in [-0.39, 0.29) is 11.5 Å². The molecule has 0 aromatic rings. The molecule has 0 saturated heterocycles. The quantitative estimate of drug-likeness (QED) is 0.607. The summed E-state index contributed by atoms with van der Waals surface area (Å²) in [5, 5.41) is 9.00. The van der Waals surface area contributed by atoms with Crippen LogP contribution >= 0.6 is 0 Å². The van der Waals surface area contributed by atoms with Crippen molar-refractivity contribution in [1.29, 1.82) is 0 Å². The Morgan fingerprint density at radius 3 is 2.45 bits per heavy atom. The van der Waals surface area contributed by atoms with Crippen LogP contribution in [0, 0.1) is 5.41 Å². The first-order chi connectivity index (χ1) is 4.98. The molecule has 0 aliphatic rings. The van der Waals surface area contributed by atoms with Crippen LogP contribution in [-0.2, 0) is 0 Å². The summed E-state index contributed by atoms with van der Waals surface area (Å²) in [6.07, 6.45) is 4.92. The van der Waals surface area contributed by atoms with Crippen LogP contribution in [0.1, 0.15) is 40.0 Å². The molecule has 66 valence electrons. The summed E-state index contributed by atoms with van der Waals surface area (Å²) < 4.78 is 0. The molecule has 0 aliphatic carbocycles.